The average molecular weight is 278 g/mol. The molecule has 0 bridgehead atoms. The van der Waals surface area contributed by atoms with Gasteiger partial charge in [-0.25, -0.2) is 0 Å². The summed E-state index contributed by atoms with van der Waals surface area (Å²) in [5.41, 5.74) is 0. The van der Waals surface area contributed by atoms with Crippen molar-refractivity contribution < 1.29 is 0 Å². The lowest BCUT2D eigenvalue weighted by atomic mass is 10.9. The minimum Gasteiger partial charge on any atom is -0.0888 e. The average Bonchev–Trinajstić information content (AvgIpc) is 1.25. The molecule has 0 aromatic carbocycles. The van der Waals surface area contributed by atoms with E-state index in [1.165, 1.54) is 0 Å². The van der Waals surface area contributed by atoms with Crippen LogP contribution in [0.4, 0.5) is 0 Å². The van der Waals surface area contributed by atoms with Crippen LogP contribution in [0, 0.1) is 0 Å². The second kappa shape index (κ2) is 2.93. The zero-order valence-corrected chi connectivity index (χ0v) is 8.72. The minimum absolute atomic E-state index is 1.40. The molecule has 0 rings (SSSR count). The van der Waals surface area contributed by atoms with Crippen LogP contribution in [0.25, 0.3) is 0 Å². The van der Waals surface area contributed by atoms with Crippen molar-refractivity contribution >= 4 is 75.0 Å². The second-order valence-corrected chi connectivity index (χ2v) is 6.87. The van der Waals surface area contributed by atoms with E-state index in [0.717, 1.165) is 0 Å². The van der Waals surface area contributed by atoms with Crippen LogP contribution in [0.15, 0.2) is 0 Å². The summed E-state index contributed by atoms with van der Waals surface area (Å²) in [6, 6.07) is 0. The highest BCUT2D eigenvalue weighted by Gasteiger charge is 2.42. The lowest BCUT2D eigenvalue weighted by Crippen LogP contribution is -2.23. The van der Waals surface area contributed by atoms with Crippen LogP contribution in [0.5, 0.6) is 0 Å². The van der Waals surface area contributed by atoms with Gasteiger partial charge in [-0.1, -0.05) is 59.0 Å². The molecule has 0 aliphatic heterocycles. The van der Waals surface area contributed by atoms with Gasteiger partial charge in [-0.05, 0) is 15.9 Å². The van der Waals surface area contributed by atoms with E-state index in [1.807, 2.05) is 0 Å². The molecule has 1 radical (unpaired) electrons. The molecule has 0 amide bonds. The van der Waals surface area contributed by atoms with E-state index < -0.39 is 6.91 Å². The van der Waals surface area contributed by atoms with Crippen LogP contribution in [0.3, 0.4) is 0 Å². The maximum absolute atomic E-state index is 5.34. The van der Waals surface area contributed by atoms with Crippen LogP contribution in [0.2, 0.25) is 0 Å². The predicted octanol–water partition coefficient (Wildman–Crippen LogP) is 3.84. The number of rotatable bonds is 0. The lowest BCUT2D eigenvalue weighted by Gasteiger charge is -2.20. The molecule has 0 nitrogen and oxygen atoms in total. The van der Waals surface area contributed by atoms with Crippen molar-refractivity contribution in [2.75, 3.05) is 0 Å². The maximum atomic E-state index is 5.34. The number of hydrogen-bond donors (Lipinski definition) is 0. The Labute approximate surface area is 81.3 Å². The van der Waals surface area contributed by atoms with Gasteiger partial charge >= 0.3 is 0 Å². The fourth-order valence-electron chi connectivity index (χ4n) is 0. The third-order valence-electron chi connectivity index (χ3n) is 0.330. The molecular weight excluding hydrogens is 278 g/mol. The highest BCUT2D eigenvalue weighted by molar-refractivity contribution is 9.12. The molecule has 0 heterocycles. The predicted molar refractivity (Wildman–Crippen MR) is 45.4 cm³/mol. The Hall–Kier alpha value is 1.99. The van der Waals surface area contributed by atoms with Gasteiger partial charge in [0.1, 0.15) is 0 Å². The van der Waals surface area contributed by atoms with Crippen molar-refractivity contribution in [3.8, 4) is 0 Å². The Balaban J connectivity index is 4.02. The van der Waals surface area contributed by atoms with Gasteiger partial charge in [0.25, 0.3) is 0 Å². The molecule has 0 saturated heterocycles. The maximum Gasteiger partial charge on any atom is 0.229 e. The Morgan fingerprint density at radius 2 is 1.25 bits per heavy atom. The summed E-state index contributed by atoms with van der Waals surface area (Å²) in [7, 11) is 0. The number of hydrogen-bond acceptors (Lipinski definition) is 0. The first-order valence-corrected chi connectivity index (χ1v) is 4.11. The van der Waals surface area contributed by atoms with Crippen molar-refractivity contribution in [1.29, 1.82) is 0 Å². The van der Waals surface area contributed by atoms with Crippen LogP contribution in [-0.4, -0.2) is 6.91 Å². The summed E-state index contributed by atoms with van der Waals surface area (Å²) < 4.78 is -3.05. The highest BCUT2D eigenvalue weighted by Crippen LogP contribution is 2.49. The number of halogens is 5. The van der Waals surface area contributed by atoms with Crippen molar-refractivity contribution in [3.05, 3.63) is 0 Å². The molecule has 0 aromatic heterocycles. The standard InChI is InChI=1S/C2BrCl4S/c3-1(4,8)2(5,6)7. The van der Waals surface area contributed by atoms with Crippen LogP contribution in [-0.2, 0) is 0 Å². The molecule has 0 N–H and O–H groups in total. The molecule has 8 heavy (non-hydrogen) atoms. The molecule has 0 fully saturated rings. The SMILES string of the molecule is [S]C(Cl)(Br)C(Cl)(Cl)Cl. The lowest BCUT2D eigenvalue weighted by molar-refractivity contribution is 1.16. The molecular formula is C2BrCl4S. The Morgan fingerprint density at radius 1 is 1.12 bits per heavy atom. The van der Waals surface area contributed by atoms with Crippen molar-refractivity contribution in [1.82, 2.24) is 0 Å². The summed E-state index contributed by atoms with van der Waals surface area (Å²) in [4.78, 5) is 0. The first-order chi connectivity index (χ1) is 3.25. The van der Waals surface area contributed by atoms with E-state index in [0.29, 0.717) is 0 Å². The van der Waals surface area contributed by atoms with Gasteiger partial charge in [-0.3, -0.25) is 0 Å². The topological polar surface area (TPSA) is 0 Å². The summed E-state index contributed by atoms with van der Waals surface area (Å²) in [5.74, 6) is 0. The molecule has 49 valence electrons. The van der Waals surface area contributed by atoms with E-state index in [2.05, 4.69) is 28.6 Å². The first kappa shape index (κ1) is 9.99. The fraction of sp³-hybridized carbons (Fsp3) is 1.00. The summed E-state index contributed by atoms with van der Waals surface area (Å²) in [5, 5.41) is 0. The zero-order valence-electron chi connectivity index (χ0n) is 3.30. The molecule has 0 saturated carbocycles. The Bertz CT molecular complexity index is 69.0. The van der Waals surface area contributed by atoms with E-state index in [1.54, 1.807) is 0 Å². The van der Waals surface area contributed by atoms with E-state index in [4.69, 9.17) is 46.4 Å². The van der Waals surface area contributed by atoms with Gasteiger partial charge in [0.15, 0.2) is 0 Å². The zero-order chi connectivity index (χ0) is 7.00. The second-order valence-electron chi connectivity index (χ2n) is 1.01. The first-order valence-electron chi connectivity index (χ1n) is 1.40. The third-order valence-corrected chi connectivity index (χ3v) is 3.68. The number of alkyl halides is 5. The molecule has 0 spiro atoms. The van der Waals surface area contributed by atoms with Crippen LogP contribution < -0.4 is 0 Å². The van der Waals surface area contributed by atoms with Gasteiger partial charge in [0.05, 0.1) is 0 Å². The summed E-state index contributed by atoms with van der Waals surface area (Å²) in [6.07, 6.45) is 0. The van der Waals surface area contributed by atoms with Gasteiger partial charge in [-0.2, -0.15) is 0 Å². The third kappa shape index (κ3) is 3.23. The van der Waals surface area contributed by atoms with Gasteiger partial charge in [0.2, 0.25) is 6.91 Å². The van der Waals surface area contributed by atoms with E-state index >= 15 is 0 Å². The van der Waals surface area contributed by atoms with Crippen molar-refractivity contribution in [2.45, 2.75) is 6.91 Å². The molecule has 0 aromatic rings. The minimum atomic E-state index is -1.65. The largest absolute Gasteiger partial charge is 0.229 e. The summed E-state index contributed by atoms with van der Waals surface area (Å²) in [6.45, 7) is 0. The molecule has 1 atom stereocenters. The summed E-state index contributed by atoms with van der Waals surface area (Å²) >= 11 is 28.4. The molecule has 1 unspecified atom stereocenters. The van der Waals surface area contributed by atoms with E-state index in [-0.39, 0.29) is 0 Å². The van der Waals surface area contributed by atoms with E-state index in [9.17, 15) is 0 Å². The Morgan fingerprint density at radius 3 is 1.25 bits per heavy atom. The quantitative estimate of drug-likeness (QED) is 0.590. The Kier molecular flexibility index (Phi) is 3.66. The highest BCUT2D eigenvalue weighted by atomic mass is 79.9. The fourth-order valence-corrected chi connectivity index (χ4v) is 0. The smallest absolute Gasteiger partial charge is 0.0888 e. The van der Waals surface area contributed by atoms with Crippen molar-refractivity contribution in [2.24, 2.45) is 0 Å². The van der Waals surface area contributed by atoms with Crippen LogP contribution in [0.1, 0.15) is 0 Å². The monoisotopic (exact) mass is 275 g/mol. The van der Waals surface area contributed by atoms with Crippen molar-refractivity contribution in [3.63, 3.8) is 0 Å². The molecule has 6 heteroatoms. The molecule has 0 aliphatic rings. The van der Waals surface area contributed by atoms with Gasteiger partial charge < -0.3 is 0 Å². The van der Waals surface area contributed by atoms with Crippen LogP contribution >= 0.6 is 75.0 Å². The normalized spacial score (nSPS) is 20.2. The molecule has 0 aliphatic carbocycles. The van der Waals surface area contributed by atoms with Gasteiger partial charge in [-0.15, -0.1) is 0 Å². The van der Waals surface area contributed by atoms with Gasteiger partial charge in [0, 0.05) is 0 Å².